The molecule has 0 aliphatic rings. The number of halogens is 1. The van der Waals surface area contributed by atoms with E-state index in [1.807, 2.05) is 18.7 Å². The van der Waals surface area contributed by atoms with E-state index in [4.69, 9.17) is 0 Å². The summed E-state index contributed by atoms with van der Waals surface area (Å²) in [6, 6.07) is 6.27. The van der Waals surface area contributed by atoms with Gasteiger partial charge in [0.05, 0.1) is 16.0 Å². The lowest BCUT2D eigenvalue weighted by atomic mass is 10.1. The van der Waals surface area contributed by atoms with E-state index in [-0.39, 0.29) is 10.6 Å². The molecule has 0 amide bonds. The lowest BCUT2D eigenvalue weighted by Gasteiger charge is -2.07. The molecule has 0 radical (unpaired) electrons. The Balaban J connectivity index is 1.67. The summed E-state index contributed by atoms with van der Waals surface area (Å²) in [4.78, 5) is 5.35. The van der Waals surface area contributed by atoms with Crippen LogP contribution in [0, 0.1) is 19.7 Å². The average molecular weight is 433 g/mol. The Kier molecular flexibility index (Phi) is 4.82. The summed E-state index contributed by atoms with van der Waals surface area (Å²) in [5.74, 6) is -0.158. The number of nitrogens with one attached hydrogen (secondary N) is 1. The van der Waals surface area contributed by atoms with Gasteiger partial charge in [-0.25, -0.2) is 17.8 Å². The third-order valence-electron chi connectivity index (χ3n) is 4.92. The van der Waals surface area contributed by atoms with Crippen molar-refractivity contribution in [1.82, 2.24) is 14.8 Å². The molecule has 0 aliphatic heterocycles. The molecule has 0 atom stereocenters. The van der Waals surface area contributed by atoms with Crippen LogP contribution >= 0.6 is 11.3 Å². The molecule has 3 heterocycles. The average Bonchev–Trinajstić information content (AvgIpc) is 3.17. The van der Waals surface area contributed by atoms with Crippen LogP contribution in [0.4, 0.5) is 10.2 Å². The van der Waals surface area contributed by atoms with Crippen LogP contribution in [0.15, 0.2) is 29.2 Å². The van der Waals surface area contributed by atoms with Gasteiger partial charge in [0.15, 0.2) is 15.7 Å². The quantitative estimate of drug-likeness (QED) is 0.508. The Bertz CT molecular complexity index is 1360. The van der Waals surface area contributed by atoms with Crippen LogP contribution in [-0.4, -0.2) is 28.9 Å². The van der Waals surface area contributed by atoms with Crippen molar-refractivity contribution in [2.75, 3.05) is 11.1 Å². The Hall–Kier alpha value is -2.52. The Morgan fingerprint density at radius 2 is 2.00 bits per heavy atom. The zero-order valence-electron chi connectivity index (χ0n) is 16.6. The Labute approximate surface area is 172 Å². The van der Waals surface area contributed by atoms with Crippen LogP contribution < -0.4 is 5.32 Å². The molecule has 9 heteroatoms. The van der Waals surface area contributed by atoms with Gasteiger partial charge in [-0.05, 0) is 43.2 Å². The number of nitrogens with zero attached hydrogens (tertiary/aromatic N) is 3. The van der Waals surface area contributed by atoms with Gasteiger partial charge >= 0.3 is 0 Å². The minimum absolute atomic E-state index is 0.133. The third-order valence-corrected chi connectivity index (χ3v) is 7.76. The molecule has 152 valence electrons. The number of anilines is 1. The number of rotatable bonds is 5. The highest BCUT2D eigenvalue weighted by Crippen LogP contribution is 2.38. The first-order chi connectivity index (χ1) is 13.7. The molecule has 3 aromatic heterocycles. The molecule has 0 saturated carbocycles. The van der Waals surface area contributed by atoms with E-state index in [1.54, 1.807) is 17.4 Å². The van der Waals surface area contributed by atoms with Crippen molar-refractivity contribution in [2.24, 2.45) is 7.05 Å². The second kappa shape index (κ2) is 7.07. The molecule has 4 rings (SSSR count). The van der Waals surface area contributed by atoms with Crippen molar-refractivity contribution in [1.29, 1.82) is 0 Å². The van der Waals surface area contributed by atoms with Crippen LogP contribution in [0.2, 0.25) is 0 Å². The van der Waals surface area contributed by atoms with E-state index in [0.717, 1.165) is 31.7 Å². The molecular formula is C20H21FN4O2S2. The molecular weight excluding hydrogens is 411 g/mol. The van der Waals surface area contributed by atoms with Crippen LogP contribution in [0.1, 0.15) is 23.7 Å². The minimum atomic E-state index is -3.58. The number of sulfone groups is 1. The van der Waals surface area contributed by atoms with E-state index in [0.29, 0.717) is 17.9 Å². The predicted octanol–water partition coefficient (Wildman–Crippen LogP) is 4.34. The van der Waals surface area contributed by atoms with E-state index in [2.05, 4.69) is 28.4 Å². The normalized spacial score (nSPS) is 12.2. The van der Waals surface area contributed by atoms with Crippen molar-refractivity contribution < 1.29 is 12.8 Å². The molecule has 29 heavy (non-hydrogen) atoms. The maximum Gasteiger partial charge on any atom is 0.180 e. The molecule has 0 spiro atoms. The summed E-state index contributed by atoms with van der Waals surface area (Å²) in [5.41, 5.74) is 3.79. The summed E-state index contributed by atoms with van der Waals surface area (Å²) in [5, 5.41) is 8.92. The van der Waals surface area contributed by atoms with Gasteiger partial charge in [-0.1, -0.05) is 13.0 Å². The first-order valence-corrected chi connectivity index (χ1v) is 11.7. The number of aromatic nitrogens is 3. The number of thiophene rings is 1. The maximum absolute atomic E-state index is 14.3. The highest BCUT2D eigenvalue weighted by atomic mass is 32.2. The standard InChI is InChI=1S/C20H21FN4O2S2/c1-5-29(26,27)15-7-6-13(9-14(15)21)10-22-19-18-17(25(4)24-19)16-11(2)8-12(3)23-20(16)28-18/h6-9H,5,10H2,1-4H3,(H,22,24). The van der Waals surface area contributed by atoms with Crippen molar-refractivity contribution in [2.45, 2.75) is 32.2 Å². The third kappa shape index (κ3) is 3.38. The van der Waals surface area contributed by atoms with Crippen molar-refractivity contribution in [3.05, 3.63) is 46.9 Å². The zero-order chi connectivity index (χ0) is 20.9. The first-order valence-electron chi connectivity index (χ1n) is 9.19. The number of benzene rings is 1. The highest BCUT2D eigenvalue weighted by Gasteiger charge is 2.19. The molecule has 0 bridgehead atoms. The fourth-order valence-corrected chi connectivity index (χ4v) is 5.73. The number of aryl methyl sites for hydroxylation is 3. The van der Waals surface area contributed by atoms with Crippen LogP contribution in [0.25, 0.3) is 20.4 Å². The number of hydrogen-bond donors (Lipinski definition) is 1. The summed E-state index contributed by atoms with van der Waals surface area (Å²) in [7, 11) is -1.69. The SMILES string of the molecule is CCS(=O)(=O)c1ccc(CNc2nn(C)c3c2sc2nc(C)cc(C)c23)cc1F. The topological polar surface area (TPSA) is 76.9 Å². The fourth-order valence-electron chi connectivity index (χ4n) is 3.50. The lowest BCUT2D eigenvalue weighted by molar-refractivity contribution is 0.566. The molecule has 0 saturated heterocycles. The van der Waals surface area contributed by atoms with Crippen molar-refractivity contribution in [3.8, 4) is 0 Å². The smallest absolute Gasteiger partial charge is 0.180 e. The van der Waals surface area contributed by atoms with E-state index in [9.17, 15) is 12.8 Å². The van der Waals surface area contributed by atoms with Crippen molar-refractivity contribution in [3.63, 3.8) is 0 Å². The number of fused-ring (bicyclic) bond motifs is 3. The molecule has 1 N–H and O–H groups in total. The number of hydrogen-bond acceptors (Lipinski definition) is 6. The molecule has 0 unspecified atom stereocenters. The molecule has 6 nitrogen and oxygen atoms in total. The van der Waals surface area contributed by atoms with E-state index in [1.165, 1.54) is 19.1 Å². The van der Waals surface area contributed by atoms with Gasteiger partial charge in [-0.3, -0.25) is 4.68 Å². The largest absolute Gasteiger partial charge is 0.363 e. The molecule has 0 aliphatic carbocycles. The van der Waals surface area contributed by atoms with Crippen LogP contribution in [0.3, 0.4) is 0 Å². The van der Waals surface area contributed by atoms with Gasteiger partial charge in [0, 0.05) is 24.7 Å². The van der Waals surface area contributed by atoms with Gasteiger partial charge < -0.3 is 5.32 Å². The second-order valence-electron chi connectivity index (χ2n) is 7.03. The van der Waals surface area contributed by atoms with Gasteiger partial charge in [0.1, 0.15) is 15.5 Å². The lowest BCUT2D eigenvalue weighted by Crippen LogP contribution is -2.08. The van der Waals surface area contributed by atoms with Crippen LogP contribution in [0.5, 0.6) is 0 Å². The summed E-state index contributed by atoms with van der Waals surface area (Å²) in [6.07, 6.45) is 0. The summed E-state index contributed by atoms with van der Waals surface area (Å²) in [6.45, 7) is 5.87. The van der Waals surface area contributed by atoms with Gasteiger partial charge in [-0.15, -0.1) is 11.3 Å². The zero-order valence-corrected chi connectivity index (χ0v) is 18.2. The maximum atomic E-state index is 14.3. The number of pyridine rings is 1. The molecule has 4 aromatic rings. The molecule has 0 fully saturated rings. The minimum Gasteiger partial charge on any atom is -0.363 e. The molecule has 1 aromatic carbocycles. The first kappa shape index (κ1) is 19.8. The summed E-state index contributed by atoms with van der Waals surface area (Å²) >= 11 is 1.57. The van der Waals surface area contributed by atoms with Gasteiger partial charge in [-0.2, -0.15) is 5.10 Å². The summed E-state index contributed by atoms with van der Waals surface area (Å²) < 4.78 is 41.0. The van der Waals surface area contributed by atoms with E-state index >= 15 is 0 Å². The van der Waals surface area contributed by atoms with Crippen LogP contribution in [-0.2, 0) is 23.4 Å². The highest BCUT2D eigenvalue weighted by molar-refractivity contribution is 7.91. The fraction of sp³-hybridized carbons (Fsp3) is 0.300. The Morgan fingerprint density at radius 1 is 1.24 bits per heavy atom. The van der Waals surface area contributed by atoms with Crippen molar-refractivity contribution >= 4 is 47.4 Å². The monoisotopic (exact) mass is 432 g/mol. The second-order valence-corrected chi connectivity index (χ2v) is 10.3. The predicted molar refractivity (Wildman–Crippen MR) is 115 cm³/mol. The Morgan fingerprint density at radius 3 is 2.69 bits per heavy atom. The van der Waals surface area contributed by atoms with Gasteiger partial charge in [0.25, 0.3) is 0 Å². The van der Waals surface area contributed by atoms with E-state index < -0.39 is 15.7 Å². The van der Waals surface area contributed by atoms with Gasteiger partial charge in [0.2, 0.25) is 0 Å².